The quantitative estimate of drug-likeness (QED) is 0.0535. The van der Waals surface area contributed by atoms with Crippen LogP contribution in [0.3, 0.4) is 0 Å². The average Bonchev–Trinajstić information content (AvgIpc) is 3.33. The number of imide groups is 1. The summed E-state index contributed by atoms with van der Waals surface area (Å²) in [5.74, 6) is -2.67. The molecule has 4 N–H and O–H groups in total. The van der Waals surface area contributed by atoms with Gasteiger partial charge in [0.05, 0.1) is 52.1 Å². The van der Waals surface area contributed by atoms with E-state index < -0.39 is 78.6 Å². The monoisotopic (exact) mass is 931 g/mol. The van der Waals surface area contributed by atoms with Crippen LogP contribution in [0.4, 0.5) is 4.79 Å². The predicted octanol–water partition coefficient (Wildman–Crippen LogP) is 6.30. The van der Waals surface area contributed by atoms with Gasteiger partial charge in [0.1, 0.15) is 42.6 Å². The van der Waals surface area contributed by atoms with Crippen LogP contribution in [0.5, 0.6) is 0 Å². The van der Waals surface area contributed by atoms with Gasteiger partial charge in [-0.25, -0.2) is 4.79 Å². The second kappa shape index (κ2) is 26.3. The van der Waals surface area contributed by atoms with E-state index in [0.29, 0.717) is 5.56 Å². The molecule has 68 heavy (non-hydrogen) atoms. The van der Waals surface area contributed by atoms with Crippen molar-refractivity contribution in [2.24, 2.45) is 0 Å². The minimum atomic E-state index is -1.62. The molecule has 0 radical (unpaired) electrons. The molecule has 3 amide bonds. The lowest BCUT2D eigenvalue weighted by atomic mass is 9.95. The fourth-order valence-electron chi connectivity index (χ4n) is 7.27. The number of hydrogen-bond acceptors (Lipinski definition) is 13. The first-order valence-electron chi connectivity index (χ1n) is 22.6. The van der Waals surface area contributed by atoms with Crippen LogP contribution < -0.4 is 16.0 Å². The fraction of sp³-hybridized carbons (Fsp3) is 0.358. The van der Waals surface area contributed by atoms with Gasteiger partial charge in [-0.2, -0.15) is 0 Å². The molecule has 15 heteroatoms. The lowest BCUT2D eigenvalue weighted by Gasteiger charge is -2.46. The minimum absolute atomic E-state index is 0.0161. The Balaban J connectivity index is 1.29. The summed E-state index contributed by atoms with van der Waals surface area (Å²) in [6.07, 6.45) is -6.04. The smallest absolute Gasteiger partial charge is 0.414 e. The number of aliphatic hydroxyl groups is 1. The van der Waals surface area contributed by atoms with Crippen LogP contribution >= 0.6 is 0 Å². The van der Waals surface area contributed by atoms with Crippen molar-refractivity contribution in [3.8, 4) is 0 Å². The maximum Gasteiger partial charge on any atom is 0.414 e. The van der Waals surface area contributed by atoms with Crippen molar-refractivity contribution in [1.29, 1.82) is 0 Å². The van der Waals surface area contributed by atoms with Crippen LogP contribution in [0.1, 0.15) is 55.0 Å². The van der Waals surface area contributed by atoms with Crippen molar-refractivity contribution in [1.82, 2.24) is 16.0 Å². The summed E-state index contributed by atoms with van der Waals surface area (Å²) in [5, 5.41) is 20.0. The summed E-state index contributed by atoms with van der Waals surface area (Å²) in [7, 11) is 0. The molecule has 1 aliphatic heterocycles. The van der Waals surface area contributed by atoms with Crippen molar-refractivity contribution in [2.75, 3.05) is 13.2 Å². The number of carbonyl (C=O) groups is 4. The first kappa shape index (κ1) is 51.1. The molecule has 0 saturated carbocycles. The summed E-state index contributed by atoms with van der Waals surface area (Å²) in [6, 6.07) is 42.8. The molecular weight excluding hydrogens is 871 g/mol. The number of rotatable bonds is 23. The molecular formula is C53H61N3O12. The Morgan fingerprint density at radius 3 is 1.54 bits per heavy atom. The molecule has 7 atom stereocenters. The lowest BCUT2D eigenvalue weighted by molar-refractivity contribution is -0.279. The first-order chi connectivity index (χ1) is 32.9. The zero-order valence-electron chi connectivity index (χ0n) is 38.6. The van der Waals surface area contributed by atoms with E-state index in [1.54, 1.807) is 45.0 Å². The lowest BCUT2D eigenvalue weighted by Crippen LogP contribution is -2.68. The molecule has 15 nitrogen and oxygen atoms in total. The van der Waals surface area contributed by atoms with Gasteiger partial charge < -0.3 is 43.6 Å². The standard InChI is InChI=1S/C53H61N3O12/c1-53(2,3)68-52(61)56-49(58)42(29-45(57)64-32-39-23-13-6-14-24-39)55-50(59)43(35-62-30-37-19-9-4-10-20-37)54-46-48(66-34-41-27-17-8-18-28-41)47(65-33-40-25-15-7-16-26-40)44(67-51(46)60)36-63-31-38-21-11-5-12-22-38/h4-28,42-44,46-48,51,54,60H,29-36H2,1-3H3,(H,55,59)(H,56,58,61)/t42-,43-,44+,46+,47+,48+,51-/m0/s1. The summed E-state index contributed by atoms with van der Waals surface area (Å²) in [5.41, 5.74) is 3.21. The van der Waals surface area contributed by atoms with Crippen LogP contribution in [0.25, 0.3) is 0 Å². The molecule has 0 bridgehead atoms. The average molecular weight is 932 g/mol. The number of benzene rings is 5. The predicted molar refractivity (Wildman–Crippen MR) is 251 cm³/mol. The number of aliphatic hydroxyl groups excluding tert-OH is 1. The second-order valence-corrected chi connectivity index (χ2v) is 17.2. The van der Waals surface area contributed by atoms with Gasteiger partial charge >= 0.3 is 12.1 Å². The van der Waals surface area contributed by atoms with E-state index in [1.807, 2.05) is 127 Å². The molecule has 6 rings (SSSR count). The van der Waals surface area contributed by atoms with Crippen molar-refractivity contribution >= 4 is 23.9 Å². The molecule has 1 saturated heterocycles. The topological polar surface area (TPSA) is 189 Å². The molecule has 1 fully saturated rings. The van der Waals surface area contributed by atoms with Gasteiger partial charge in [0.15, 0.2) is 6.29 Å². The number of hydrogen-bond donors (Lipinski definition) is 4. The number of alkyl carbamates (subject to hydrolysis) is 1. The van der Waals surface area contributed by atoms with Gasteiger partial charge in [0.2, 0.25) is 5.91 Å². The molecule has 0 aliphatic carbocycles. The molecule has 5 aromatic carbocycles. The zero-order valence-corrected chi connectivity index (χ0v) is 38.6. The third kappa shape index (κ3) is 17.1. The first-order valence-corrected chi connectivity index (χ1v) is 22.6. The second-order valence-electron chi connectivity index (χ2n) is 17.2. The molecule has 1 aliphatic rings. The molecule has 360 valence electrons. The summed E-state index contributed by atoms with van der Waals surface area (Å²) in [4.78, 5) is 54.5. The third-order valence-corrected chi connectivity index (χ3v) is 10.6. The SMILES string of the molecule is CC(C)(C)OC(=O)NC(=O)[C@H](CC(=O)OCc1ccccc1)NC(=O)[C@H](COCc1ccccc1)N[C@@H]1[C@@H](OCc2ccccc2)[C@H](OCc2ccccc2)[C@@H](COCc2ccccc2)O[C@@H]1O. The van der Waals surface area contributed by atoms with Gasteiger partial charge in [0.25, 0.3) is 5.91 Å². The van der Waals surface area contributed by atoms with Crippen LogP contribution in [0.2, 0.25) is 0 Å². The van der Waals surface area contributed by atoms with Crippen LogP contribution in [0, 0.1) is 0 Å². The van der Waals surface area contributed by atoms with Crippen molar-refractivity contribution in [3.05, 3.63) is 179 Å². The molecule has 5 aromatic rings. The highest BCUT2D eigenvalue weighted by Gasteiger charge is 2.48. The van der Waals surface area contributed by atoms with E-state index in [2.05, 4.69) is 16.0 Å². The van der Waals surface area contributed by atoms with Crippen molar-refractivity contribution in [2.45, 2.75) is 109 Å². The molecule has 0 aromatic heterocycles. The largest absolute Gasteiger partial charge is 0.461 e. The van der Waals surface area contributed by atoms with Gasteiger partial charge in [-0.1, -0.05) is 152 Å². The van der Waals surface area contributed by atoms with Gasteiger partial charge in [-0.3, -0.25) is 25.0 Å². The van der Waals surface area contributed by atoms with E-state index in [0.717, 1.165) is 22.3 Å². The third-order valence-electron chi connectivity index (χ3n) is 10.6. The van der Waals surface area contributed by atoms with Gasteiger partial charge in [-0.05, 0) is 48.6 Å². The van der Waals surface area contributed by atoms with E-state index in [-0.39, 0.29) is 46.2 Å². The fourth-order valence-corrected chi connectivity index (χ4v) is 7.27. The highest BCUT2D eigenvalue weighted by Crippen LogP contribution is 2.28. The molecule has 0 spiro atoms. The van der Waals surface area contributed by atoms with Gasteiger partial charge in [0, 0.05) is 0 Å². The van der Waals surface area contributed by atoms with E-state index in [4.69, 9.17) is 33.2 Å². The summed E-state index contributed by atoms with van der Waals surface area (Å²) < 4.78 is 42.7. The minimum Gasteiger partial charge on any atom is -0.461 e. The Labute approximate surface area is 397 Å². The van der Waals surface area contributed by atoms with E-state index in [9.17, 15) is 24.3 Å². The van der Waals surface area contributed by atoms with Crippen LogP contribution in [0.15, 0.2) is 152 Å². The number of nitrogens with one attached hydrogen (secondary N) is 3. The Bertz CT molecular complexity index is 2290. The Hall–Kier alpha value is -6.30. The highest BCUT2D eigenvalue weighted by atomic mass is 16.7. The van der Waals surface area contributed by atoms with E-state index >= 15 is 0 Å². The Morgan fingerprint density at radius 1 is 0.588 bits per heavy atom. The van der Waals surface area contributed by atoms with Crippen molar-refractivity contribution in [3.63, 3.8) is 0 Å². The number of carbonyl (C=O) groups excluding carboxylic acids is 4. The Kier molecular flexibility index (Phi) is 19.8. The zero-order chi connectivity index (χ0) is 48.1. The normalized spacial score (nSPS) is 19.0. The number of esters is 1. The van der Waals surface area contributed by atoms with Crippen LogP contribution in [-0.2, 0) is 80.6 Å². The highest BCUT2D eigenvalue weighted by molar-refractivity contribution is 5.99. The van der Waals surface area contributed by atoms with E-state index in [1.165, 1.54) is 0 Å². The summed E-state index contributed by atoms with van der Waals surface area (Å²) >= 11 is 0. The molecule has 1 heterocycles. The summed E-state index contributed by atoms with van der Waals surface area (Å²) in [6.45, 7) is 5.11. The number of amides is 3. The van der Waals surface area contributed by atoms with Crippen LogP contribution in [-0.4, -0.2) is 90.5 Å². The Morgan fingerprint density at radius 2 is 1.04 bits per heavy atom. The number of ether oxygens (including phenoxy) is 7. The maximum atomic E-state index is 14.7. The molecule has 0 unspecified atom stereocenters. The maximum absolute atomic E-state index is 14.7. The van der Waals surface area contributed by atoms with Gasteiger partial charge in [-0.15, -0.1) is 0 Å². The van der Waals surface area contributed by atoms with Crippen molar-refractivity contribution < 1.29 is 57.4 Å².